The molecule has 35 heavy (non-hydrogen) atoms. The van der Waals surface area contributed by atoms with Crippen LogP contribution in [0.4, 0.5) is 5.13 Å². The lowest BCUT2D eigenvalue weighted by molar-refractivity contribution is 0.102. The first-order chi connectivity index (χ1) is 17.0. The van der Waals surface area contributed by atoms with Crippen LogP contribution in [0.15, 0.2) is 51.9 Å². The summed E-state index contributed by atoms with van der Waals surface area (Å²) in [5.74, 6) is 1.57. The van der Waals surface area contributed by atoms with Gasteiger partial charge in [-0.3, -0.25) is 10.1 Å². The minimum Gasteiger partial charge on any atom is -0.490 e. The van der Waals surface area contributed by atoms with E-state index in [-0.39, 0.29) is 5.91 Å². The number of nitrogens with zero attached hydrogens (tertiary/aromatic N) is 3. The van der Waals surface area contributed by atoms with Crippen LogP contribution in [0.5, 0.6) is 5.75 Å². The maximum absolute atomic E-state index is 12.6. The molecular weight excluding hydrogens is 476 g/mol. The number of carbonyl (C=O) groups excluding carboxylic acids is 1. The van der Waals surface area contributed by atoms with Gasteiger partial charge in [-0.25, -0.2) is 0 Å². The minimum atomic E-state index is -0.190. The third-order valence-electron chi connectivity index (χ3n) is 5.81. The number of nitrogens with one attached hydrogen (secondary N) is 1. The predicted octanol–water partition coefficient (Wildman–Crippen LogP) is 6.83. The number of piperidine rings is 1. The number of thioether (sulfide) groups is 1. The van der Waals surface area contributed by atoms with Crippen molar-refractivity contribution in [3.63, 3.8) is 0 Å². The highest BCUT2D eigenvalue weighted by molar-refractivity contribution is 8.01. The second-order valence-corrected chi connectivity index (χ2v) is 11.5. The van der Waals surface area contributed by atoms with E-state index in [1.807, 2.05) is 12.1 Å². The zero-order valence-electron chi connectivity index (χ0n) is 21.2. The molecule has 0 atom stereocenters. The van der Waals surface area contributed by atoms with Crippen molar-refractivity contribution in [2.75, 3.05) is 37.3 Å². The number of aromatic nitrogens is 2. The van der Waals surface area contributed by atoms with Crippen molar-refractivity contribution in [1.29, 1.82) is 0 Å². The zero-order valence-corrected chi connectivity index (χ0v) is 22.8. The molecule has 0 bridgehead atoms. The molecule has 190 valence electrons. The topological polar surface area (TPSA) is 67.3 Å². The van der Waals surface area contributed by atoms with Crippen LogP contribution in [-0.2, 0) is 0 Å². The number of likely N-dealkylation sites (tertiary alicyclic amines) is 1. The number of allylic oxidation sites excluding steroid dienone is 3. The average Bonchev–Trinajstić information content (AvgIpc) is 3.30. The summed E-state index contributed by atoms with van der Waals surface area (Å²) in [7, 11) is 0. The quantitative estimate of drug-likeness (QED) is 0.137. The Kier molecular flexibility index (Phi) is 11.8. The highest BCUT2D eigenvalue weighted by Crippen LogP contribution is 2.26. The Morgan fingerprint density at radius 2 is 1.89 bits per heavy atom. The van der Waals surface area contributed by atoms with Crippen LogP contribution in [0.2, 0.25) is 0 Å². The molecule has 0 radical (unpaired) electrons. The molecule has 1 aromatic carbocycles. The molecule has 0 saturated carbocycles. The lowest BCUT2D eigenvalue weighted by atomic mass is 10.1. The van der Waals surface area contributed by atoms with Gasteiger partial charge in [-0.2, -0.15) is 0 Å². The molecule has 3 rings (SSSR count). The summed E-state index contributed by atoms with van der Waals surface area (Å²) in [5, 5.41) is 11.7. The van der Waals surface area contributed by atoms with Crippen molar-refractivity contribution < 1.29 is 9.53 Å². The predicted molar refractivity (Wildman–Crippen MR) is 148 cm³/mol. The van der Waals surface area contributed by atoms with Crippen LogP contribution in [0.1, 0.15) is 69.7 Å². The number of rotatable bonds is 13. The molecule has 1 amide bonds. The average molecular weight is 515 g/mol. The van der Waals surface area contributed by atoms with E-state index in [1.165, 1.54) is 54.8 Å². The van der Waals surface area contributed by atoms with Crippen LogP contribution in [-0.4, -0.2) is 53.0 Å². The summed E-state index contributed by atoms with van der Waals surface area (Å²) in [5.41, 5.74) is 3.23. The summed E-state index contributed by atoms with van der Waals surface area (Å²) in [6.07, 6.45) is 11.6. The molecule has 0 unspecified atom stereocenters. The van der Waals surface area contributed by atoms with Crippen LogP contribution in [0.3, 0.4) is 0 Å². The van der Waals surface area contributed by atoms with Crippen LogP contribution in [0, 0.1) is 0 Å². The van der Waals surface area contributed by atoms with E-state index in [1.54, 1.807) is 23.9 Å². The Morgan fingerprint density at radius 1 is 1.11 bits per heavy atom. The van der Waals surface area contributed by atoms with Crippen LogP contribution in [0.25, 0.3) is 0 Å². The Morgan fingerprint density at radius 3 is 2.63 bits per heavy atom. The molecule has 1 N–H and O–H groups in total. The third kappa shape index (κ3) is 10.5. The van der Waals surface area contributed by atoms with E-state index < -0.39 is 0 Å². The maximum Gasteiger partial charge on any atom is 0.257 e. The summed E-state index contributed by atoms with van der Waals surface area (Å²) < 4.78 is 6.69. The molecule has 1 aliphatic heterocycles. The van der Waals surface area contributed by atoms with E-state index in [2.05, 4.69) is 53.3 Å². The van der Waals surface area contributed by atoms with Crippen molar-refractivity contribution in [3.05, 3.63) is 53.1 Å². The Bertz CT molecular complexity index is 975. The molecule has 2 heterocycles. The van der Waals surface area contributed by atoms with Gasteiger partial charge in [0.1, 0.15) is 12.4 Å². The Hall–Kier alpha value is -2.16. The molecule has 2 aromatic rings. The molecular formula is C27H38N4O2S2. The molecule has 1 aliphatic rings. The van der Waals surface area contributed by atoms with Crippen molar-refractivity contribution >= 4 is 34.1 Å². The van der Waals surface area contributed by atoms with Gasteiger partial charge in [0.2, 0.25) is 5.13 Å². The molecule has 1 aromatic heterocycles. The minimum absolute atomic E-state index is 0.190. The van der Waals surface area contributed by atoms with Gasteiger partial charge in [-0.05, 0) is 103 Å². The summed E-state index contributed by atoms with van der Waals surface area (Å²) in [6.45, 7) is 10.5. The molecule has 1 fully saturated rings. The smallest absolute Gasteiger partial charge is 0.257 e. The van der Waals surface area contributed by atoms with Gasteiger partial charge >= 0.3 is 0 Å². The maximum atomic E-state index is 12.6. The number of benzene rings is 1. The zero-order chi connectivity index (χ0) is 24.9. The van der Waals surface area contributed by atoms with Gasteiger partial charge in [0.05, 0.1) is 0 Å². The second-order valence-electron chi connectivity index (χ2n) is 9.14. The van der Waals surface area contributed by atoms with Crippen molar-refractivity contribution in [2.24, 2.45) is 0 Å². The fourth-order valence-electron chi connectivity index (χ4n) is 3.79. The first-order valence-corrected chi connectivity index (χ1v) is 14.3. The van der Waals surface area contributed by atoms with E-state index in [4.69, 9.17) is 4.74 Å². The SMILES string of the molecule is CC(C)=CCCC(C)=CCOc1ccc(C(=O)Nc2nnc(SCCCN3CCCCC3)s2)cc1. The van der Waals surface area contributed by atoms with Gasteiger partial charge in [-0.1, -0.05) is 46.7 Å². The van der Waals surface area contributed by atoms with E-state index in [0.717, 1.165) is 41.6 Å². The van der Waals surface area contributed by atoms with Gasteiger partial charge in [0.25, 0.3) is 5.91 Å². The fraction of sp³-hybridized carbons (Fsp3) is 0.519. The van der Waals surface area contributed by atoms with E-state index in [0.29, 0.717) is 17.3 Å². The molecule has 8 heteroatoms. The monoisotopic (exact) mass is 514 g/mol. The highest BCUT2D eigenvalue weighted by atomic mass is 32.2. The van der Waals surface area contributed by atoms with Crippen molar-refractivity contribution in [1.82, 2.24) is 15.1 Å². The first-order valence-electron chi connectivity index (χ1n) is 12.5. The standard InChI is InChI=1S/C27H38N4O2S2/c1-21(2)9-7-10-22(3)15-19-33-24-13-11-23(12-14-24)25(32)28-26-29-30-27(35-26)34-20-8-18-31-16-5-4-6-17-31/h9,11-15H,4-8,10,16-20H2,1-3H3,(H,28,29,32). The van der Waals surface area contributed by atoms with E-state index in [9.17, 15) is 4.79 Å². The van der Waals surface area contributed by atoms with Gasteiger partial charge < -0.3 is 9.64 Å². The normalized spacial score (nSPS) is 14.5. The second kappa shape index (κ2) is 15.1. The van der Waals surface area contributed by atoms with E-state index >= 15 is 0 Å². The van der Waals surface area contributed by atoms with Crippen LogP contribution < -0.4 is 10.1 Å². The molecule has 1 saturated heterocycles. The summed E-state index contributed by atoms with van der Waals surface area (Å²) in [4.78, 5) is 15.1. The van der Waals surface area contributed by atoms with Crippen molar-refractivity contribution in [2.45, 2.75) is 63.6 Å². The largest absolute Gasteiger partial charge is 0.490 e. The molecule has 6 nitrogen and oxygen atoms in total. The first kappa shape index (κ1) is 27.4. The lowest BCUT2D eigenvalue weighted by Gasteiger charge is -2.26. The third-order valence-corrected chi connectivity index (χ3v) is 7.87. The number of hydrogen-bond acceptors (Lipinski definition) is 7. The van der Waals surface area contributed by atoms with Gasteiger partial charge in [0, 0.05) is 11.3 Å². The van der Waals surface area contributed by atoms with Crippen molar-refractivity contribution in [3.8, 4) is 5.75 Å². The number of amides is 1. The number of anilines is 1. The number of hydrogen-bond donors (Lipinski definition) is 1. The summed E-state index contributed by atoms with van der Waals surface area (Å²) in [6, 6.07) is 7.19. The highest BCUT2D eigenvalue weighted by Gasteiger charge is 2.12. The Balaban J connectivity index is 1.36. The van der Waals surface area contributed by atoms with Gasteiger partial charge in [0.15, 0.2) is 4.34 Å². The Labute approximate surface area is 218 Å². The number of ether oxygens (including phenoxy) is 1. The summed E-state index contributed by atoms with van der Waals surface area (Å²) >= 11 is 3.14. The lowest BCUT2D eigenvalue weighted by Crippen LogP contribution is -2.30. The molecule has 0 aliphatic carbocycles. The van der Waals surface area contributed by atoms with Gasteiger partial charge in [-0.15, -0.1) is 10.2 Å². The molecule has 0 spiro atoms. The number of carbonyl (C=O) groups is 1. The fourth-order valence-corrected chi connectivity index (χ4v) is 5.53. The van der Waals surface area contributed by atoms with Crippen LogP contribution >= 0.6 is 23.1 Å².